The van der Waals surface area contributed by atoms with Gasteiger partial charge in [0.1, 0.15) is 12.2 Å². The van der Waals surface area contributed by atoms with E-state index >= 15 is 0 Å². The van der Waals surface area contributed by atoms with Crippen LogP contribution in [0.4, 0.5) is 9.59 Å². The van der Waals surface area contributed by atoms with Crippen LogP contribution in [0.1, 0.15) is 34.6 Å². The van der Waals surface area contributed by atoms with Crippen LogP contribution < -0.4 is 16.4 Å². The van der Waals surface area contributed by atoms with Crippen molar-refractivity contribution in [1.29, 1.82) is 0 Å². The number of alkyl carbamates (subject to hydrolysis) is 1. The molecule has 1 unspecified atom stereocenters. The molecule has 0 saturated carbocycles. The maximum atomic E-state index is 11.6. The lowest BCUT2D eigenvalue weighted by atomic mass is 9.96. The predicted molar refractivity (Wildman–Crippen MR) is 81.0 cm³/mol. The zero-order valence-corrected chi connectivity index (χ0v) is 13.7. The molecule has 0 fully saturated rings. The second-order valence-corrected chi connectivity index (χ2v) is 6.26. The minimum Gasteiger partial charge on any atom is -0.448 e. The van der Waals surface area contributed by atoms with Gasteiger partial charge in [0.15, 0.2) is 0 Å². The van der Waals surface area contributed by atoms with Crippen LogP contribution in [0, 0.1) is 11.8 Å². The van der Waals surface area contributed by atoms with E-state index in [0.29, 0.717) is 25.6 Å². The SMILES string of the molecule is CC(C)C(CNCCOC(N)=O)CNC(=O)OC(C)(C)C. The number of carbonyl (C=O) groups excluding carboxylic acids is 2. The minimum absolute atomic E-state index is 0.236. The molecule has 0 aliphatic rings. The number of rotatable bonds is 8. The lowest BCUT2D eigenvalue weighted by Gasteiger charge is -2.24. The van der Waals surface area contributed by atoms with Crippen LogP contribution in [0.25, 0.3) is 0 Å². The van der Waals surface area contributed by atoms with Gasteiger partial charge in [-0.3, -0.25) is 0 Å². The number of hydrogen-bond donors (Lipinski definition) is 3. The van der Waals surface area contributed by atoms with Crippen molar-refractivity contribution in [2.45, 2.75) is 40.2 Å². The van der Waals surface area contributed by atoms with Gasteiger partial charge in [-0.25, -0.2) is 9.59 Å². The third-order valence-corrected chi connectivity index (χ3v) is 2.78. The van der Waals surface area contributed by atoms with Gasteiger partial charge in [-0.05, 0) is 32.6 Å². The Morgan fingerprint density at radius 3 is 2.29 bits per heavy atom. The average molecular weight is 303 g/mol. The number of amides is 2. The highest BCUT2D eigenvalue weighted by atomic mass is 16.6. The van der Waals surface area contributed by atoms with Gasteiger partial charge in [0.05, 0.1) is 0 Å². The number of hydrogen-bond acceptors (Lipinski definition) is 5. The summed E-state index contributed by atoms with van der Waals surface area (Å²) in [6.07, 6.45) is -1.19. The van der Waals surface area contributed by atoms with Gasteiger partial charge < -0.3 is 25.8 Å². The third-order valence-electron chi connectivity index (χ3n) is 2.78. The van der Waals surface area contributed by atoms with E-state index in [1.54, 1.807) is 0 Å². The van der Waals surface area contributed by atoms with Crippen LogP contribution in [-0.2, 0) is 9.47 Å². The zero-order valence-electron chi connectivity index (χ0n) is 13.7. The summed E-state index contributed by atoms with van der Waals surface area (Å²) in [6, 6.07) is 0. The molecule has 7 nitrogen and oxygen atoms in total. The van der Waals surface area contributed by atoms with Crippen molar-refractivity contribution in [3.8, 4) is 0 Å². The van der Waals surface area contributed by atoms with Gasteiger partial charge in [0.25, 0.3) is 0 Å². The molecule has 0 radical (unpaired) electrons. The van der Waals surface area contributed by atoms with Gasteiger partial charge in [-0.15, -0.1) is 0 Å². The molecule has 0 bridgehead atoms. The molecule has 0 aliphatic heterocycles. The molecule has 21 heavy (non-hydrogen) atoms. The normalized spacial score (nSPS) is 12.9. The molecule has 0 spiro atoms. The van der Waals surface area contributed by atoms with Gasteiger partial charge in [-0.1, -0.05) is 13.8 Å². The van der Waals surface area contributed by atoms with Crippen LogP contribution in [0.3, 0.4) is 0 Å². The van der Waals surface area contributed by atoms with E-state index in [1.807, 2.05) is 20.8 Å². The summed E-state index contributed by atoms with van der Waals surface area (Å²) in [5.74, 6) is 0.649. The molecule has 124 valence electrons. The first-order chi connectivity index (χ1) is 9.61. The van der Waals surface area contributed by atoms with Crippen molar-refractivity contribution in [3.05, 3.63) is 0 Å². The molecular weight excluding hydrogens is 274 g/mol. The standard InChI is InChI=1S/C14H29N3O4/c1-10(2)11(8-16-6-7-20-12(15)18)9-17-13(19)21-14(3,4)5/h10-11,16H,6-9H2,1-5H3,(H2,15,18)(H,17,19). The first-order valence-corrected chi connectivity index (χ1v) is 7.21. The second kappa shape index (κ2) is 9.44. The van der Waals surface area contributed by atoms with Crippen molar-refractivity contribution in [3.63, 3.8) is 0 Å². The monoisotopic (exact) mass is 303 g/mol. The van der Waals surface area contributed by atoms with Crippen LogP contribution >= 0.6 is 0 Å². The highest BCUT2D eigenvalue weighted by Gasteiger charge is 2.18. The van der Waals surface area contributed by atoms with E-state index in [9.17, 15) is 9.59 Å². The van der Waals surface area contributed by atoms with E-state index in [4.69, 9.17) is 10.5 Å². The summed E-state index contributed by atoms with van der Waals surface area (Å²) in [7, 11) is 0. The molecule has 0 saturated heterocycles. The van der Waals surface area contributed by atoms with Crippen LogP contribution in [0.2, 0.25) is 0 Å². The number of carbonyl (C=O) groups is 2. The summed E-state index contributed by atoms with van der Waals surface area (Å²) in [5, 5.41) is 5.94. The Kier molecular flexibility index (Phi) is 8.76. The third kappa shape index (κ3) is 12.0. The summed E-state index contributed by atoms with van der Waals surface area (Å²) in [5.41, 5.74) is 4.37. The molecule has 0 aromatic carbocycles. The predicted octanol–water partition coefficient (Wildman–Crippen LogP) is 1.47. The molecular formula is C14H29N3O4. The van der Waals surface area contributed by atoms with E-state index in [2.05, 4.69) is 29.2 Å². The van der Waals surface area contributed by atoms with E-state index < -0.39 is 17.8 Å². The van der Waals surface area contributed by atoms with Gasteiger partial charge in [0.2, 0.25) is 0 Å². The van der Waals surface area contributed by atoms with E-state index in [0.717, 1.165) is 0 Å². The summed E-state index contributed by atoms with van der Waals surface area (Å²) >= 11 is 0. The van der Waals surface area contributed by atoms with Gasteiger partial charge in [0, 0.05) is 19.6 Å². The average Bonchev–Trinajstić information content (AvgIpc) is 2.29. The lowest BCUT2D eigenvalue weighted by Crippen LogP contribution is -2.40. The molecule has 0 heterocycles. The summed E-state index contributed by atoms with van der Waals surface area (Å²) in [6.45, 7) is 11.6. The number of primary amides is 1. The Labute approximate surface area is 126 Å². The summed E-state index contributed by atoms with van der Waals surface area (Å²) < 4.78 is 9.82. The van der Waals surface area contributed by atoms with Crippen LogP contribution in [0.5, 0.6) is 0 Å². The minimum atomic E-state index is -0.774. The molecule has 0 rings (SSSR count). The van der Waals surface area contributed by atoms with E-state index in [-0.39, 0.29) is 12.5 Å². The molecule has 1 atom stereocenters. The molecule has 4 N–H and O–H groups in total. The van der Waals surface area contributed by atoms with Crippen molar-refractivity contribution in [1.82, 2.24) is 10.6 Å². The maximum Gasteiger partial charge on any atom is 0.407 e. The van der Waals surface area contributed by atoms with Crippen molar-refractivity contribution < 1.29 is 19.1 Å². The Bertz CT molecular complexity index is 327. The maximum absolute atomic E-state index is 11.6. The summed E-state index contributed by atoms with van der Waals surface area (Å²) in [4.78, 5) is 22.0. The Morgan fingerprint density at radius 2 is 1.81 bits per heavy atom. The molecule has 7 heteroatoms. The Morgan fingerprint density at radius 1 is 1.19 bits per heavy atom. The first kappa shape index (κ1) is 19.5. The molecule has 2 amide bonds. The fourth-order valence-corrected chi connectivity index (χ4v) is 1.58. The van der Waals surface area contributed by atoms with Crippen molar-refractivity contribution >= 4 is 12.2 Å². The Hall–Kier alpha value is -1.50. The zero-order chi connectivity index (χ0) is 16.5. The van der Waals surface area contributed by atoms with Crippen molar-refractivity contribution in [2.24, 2.45) is 17.6 Å². The molecule has 0 aliphatic carbocycles. The highest BCUT2D eigenvalue weighted by Crippen LogP contribution is 2.10. The van der Waals surface area contributed by atoms with Crippen LogP contribution in [-0.4, -0.2) is 44.0 Å². The fraction of sp³-hybridized carbons (Fsp3) is 0.857. The van der Waals surface area contributed by atoms with Gasteiger partial charge in [-0.2, -0.15) is 0 Å². The second-order valence-electron chi connectivity index (χ2n) is 6.26. The highest BCUT2D eigenvalue weighted by molar-refractivity contribution is 5.67. The Balaban J connectivity index is 3.97. The number of nitrogens with two attached hydrogens (primary N) is 1. The largest absolute Gasteiger partial charge is 0.448 e. The number of nitrogens with one attached hydrogen (secondary N) is 2. The lowest BCUT2D eigenvalue weighted by molar-refractivity contribution is 0.0514. The van der Waals surface area contributed by atoms with Crippen molar-refractivity contribution in [2.75, 3.05) is 26.2 Å². The topological polar surface area (TPSA) is 103 Å². The van der Waals surface area contributed by atoms with E-state index in [1.165, 1.54) is 0 Å². The molecule has 0 aromatic heterocycles. The number of ether oxygens (including phenoxy) is 2. The fourth-order valence-electron chi connectivity index (χ4n) is 1.58. The van der Waals surface area contributed by atoms with Crippen LogP contribution in [0.15, 0.2) is 0 Å². The van der Waals surface area contributed by atoms with Gasteiger partial charge >= 0.3 is 12.2 Å². The molecule has 0 aromatic rings. The first-order valence-electron chi connectivity index (χ1n) is 7.21. The smallest absolute Gasteiger partial charge is 0.407 e. The quantitative estimate of drug-likeness (QED) is 0.589.